The first-order chi connectivity index (χ1) is 10.5. The third-order valence-corrected chi connectivity index (χ3v) is 4.49. The van der Waals surface area contributed by atoms with Gasteiger partial charge in [-0.05, 0) is 25.3 Å². The van der Waals surface area contributed by atoms with Crippen LogP contribution < -0.4 is 0 Å². The number of nitrogens with zero attached hydrogens (tertiary/aromatic N) is 1. The second kappa shape index (κ2) is 6.90. The van der Waals surface area contributed by atoms with Crippen molar-refractivity contribution in [1.82, 2.24) is 4.90 Å². The molecule has 1 aliphatic rings. The van der Waals surface area contributed by atoms with Crippen molar-refractivity contribution in [3.8, 4) is 0 Å². The van der Waals surface area contributed by atoms with E-state index in [1.807, 2.05) is 0 Å². The summed E-state index contributed by atoms with van der Waals surface area (Å²) in [5.41, 5.74) is -0.314. The van der Waals surface area contributed by atoms with Crippen LogP contribution in [0.4, 0.5) is 4.39 Å². The third-order valence-electron chi connectivity index (χ3n) is 4.49. The average Bonchev–Trinajstić information content (AvgIpc) is 2.97. The number of likely N-dealkylation sites (N-methyl/N-ethyl adjacent to an activating group) is 1. The molecule has 0 atom stereocenters. The topological polar surface area (TPSA) is 57.6 Å². The van der Waals surface area contributed by atoms with E-state index in [1.54, 1.807) is 30.1 Å². The van der Waals surface area contributed by atoms with Gasteiger partial charge < -0.3 is 10.0 Å². The van der Waals surface area contributed by atoms with Crippen LogP contribution >= 0.6 is 0 Å². The van der Waals surface area contributed by atoms with Crippen molar-refractivity contribution in [2.24, 2.45) is 0 Å². The van der Waals surface area contributed by atoms with Gasteiger partial charge >= 0.3 is 5.97 Å². The Labute approximate surface area is 129 Å². The summed E-state index contributed by atoms with van der Waals surface area (Å²) in [6, 6.07) is 6.48. The quantitative estimate of drug-likeness (QED) is 0.879. The lowest BCUT2D eigenvalue weighted by Crippen LogP contribution is -2.44. The molecule has 0 spiro atoms. The zero-order valence-electron chi connectivity index (χ0n) is 12.8. The maximum absolute atomic E-state index is 14.2. The van der Waals surface area contributed by atoms with Gasteiger partial charge in [-0.1, -0.05) is 31.0 Å². The van der Waals surface area contributed by atoms with Crippen LogP contribution in [0.15, 0.2) is 24.3 Å². The highest BCUT2D eigenvalue weighted by Crippen LogP contribution is 2.43. The number of hydrogen-bond donors (Lipinski definition) is 1. The number of halogens is 1. The predicted molar refractivity (Wildman–Crippen MR) is 81.1 cm³/mol. The molecule has 1 aliphatic carbocycles. The molecule has 0 aliphatic heterocycles. The van der Waals surface area contributed by atoms with E-state index in [-0.39, 0.29) is 18.1 Å². The minimum atomic E-state index is -0.870. The molecule has 1 saturated carbocycles. The van der Waals surface area contributed by atoms with E-state index in [0.717, 1.165) is 12.8 Å². The highest BCUT2D eigenvalue weighted by molar-refractivity contribution is 5.88. The molecule has 1 fully saturated rings. The molecular formula is C17H22FNO3. The van der Waals surface area contributed by atoms with Crippen LogP contribution in [0.1, 0.15) is 44.1 Å². The molecule has 0 bridgehead atoms. The first-order valence-corrected chi connectivity index (χ1v) is 7.70. The summed E-state index contributed by atoms with van der Waals surface area (Å²) in [5, 5.41) is 8.69. The number of aliphatic carboxylic acids is 1. The van der Waals surface area contributed by atoms with Gasteiger partial charge in [0, 0.05) is 25.6 Å². The molecule has 0 aromatic heterocycles. The Morgan fingerprint density at radius 2 is 1.91 bits per heavy atom. The zero-order chi connectivity index (χ0) is 16.2. The molecule has 120 valence electrons. The van der Waals surface area contributed by atoms with Crippen LogP contribution in [-0.2, 0) is 15.0 Å². The summed E-state index contributed by atoms with van der Waals surface area (Å²) in [4.78, 5) is 25.0. The Morgan fingerprint density at radius 3 is 2.50 bits per heavy atom. The minimum absolute atomic E-state index is 0.0321. The summed E-state index contributed by atoms with van der Waals surface area (Å²) in [5.74, 6) is -1.30. The Hall–Kier alpha value is -1.91. The van der Waals surface area contributed by atoms with E-state index in [9.17, 15) is 14.0 Å². The molecular weight excluding hydrogens is 285 g/mol. The SMILES string of the molecule is CN(CCCC(=O)O)C(=O)C1(c2ccccc2F)CCCC1. The molecule has 2 rings (SSSR count). The molecule has 0 radical (unpaired) electrons. The van der Waals surface area contributed by atoms with E-state index < -0.39 is 11.4 Å². The van der Waals surface area contributed by atoms with Crippen LogP contribution in [0.5, 0.6) is 0 Å². The number of carbonyl (C=O) groups excluding carboxylic acids is 1. The highest BCUT2D eigenvalue weighted by atomic mass is 19.1. The van der Waals surface area contributed by atoms with E-state index in [0.29, 0.717) is 31.4 Å². The van der Waals surface area contributed by atoms with E-state index in [2.05, 4.69) is 0 Å². The molecule has 1 N–H and O–H groups in total. The number of amides is 1. The Morgan fingerprint density at radius 1 is 1.27 bits per heavy atom. The van der Waals surface area contributed by atoms with Gasteiger partial charge in [0.15, 0.2) is 0 Å². The van der Waals surface area contributed by atoms with Crippen molar-refractivity contribution in [2.45, 2.75) is 43.9 Å². The van der Waals surface area contributed by atoms with Crippen molar-refractivity contribution in [2.75, 3.05) is 13.6 Å². The smallest absolute Gasteiger partial charge is 0.303 e. The molecule has 1 aromatic carbocycles. The molecule has 1 aromatic rings. The van der Waals surface area contributed by atoms with E-state index >= 15 is 0 Å². The van der Waals surface area contributed by atoms with Gasteiger partial charge in [0.2, 0.25) is 5.91 Å². The second-order valence-corrected chi connectivity index (χ2v) is 5.99. The number of rotatable bonds is 6. The van der Waals surface area contributed by atoms with Crippen LogP contribution in [0.3, 0.4) is 0 Å². The molecule has 5 heteroatoms. The summed E-state index contributed by atoms with van der Waals surface area (Å²) >= 11 is 0. The standard InChI is InChI=1S/C17H22FNO3/c1-19(12-6-9-15(20)21)16(22)17(10-4-5-11-17)13-7-2-3-8-14(13)18/h2-3,7-8H,4-6,9-12H2,1H3,(H,20,21). The second-order valence-electron chi connectivity index (χ2n) is 5.99. The number of carbonyl (C=O) groups is 2. The third kappa shape index (κ3) is 3.29. The lowest BCUT2D eigenvalue weighted by atomic mass is 9.77. The molecule has 22 heavy (non-hydrogen) atoms. The van der Waals surface area contributed by atoms with Crippen LogP contribution in [0.2, 0.25) is 0 Å². The Kier molecular flexibility index (Phi) is 5.16. The van der Waals surface area contributed by atoms with Gasteiger partial charge in [0.05, 0.1) is 5.41 Å². The molecule has 1 amide bonds. The number of carboxylic acid groups (broad SMARTS) is 1. The largest absolute Gasteiger partial charge is 0.481 e. The van der Waals surface area contributed by atoms with Crippen molar-refractivity contribution in [1.29, 1.82) is 0 Å². The van der Waals surface area contributed by atoms with E-state index in [1.165, 1.54) is 6.07 Å². The lowest BCUT2D eigenvalue weighted by Gasteiger charge is -2.33. The first-order valence-electron chi connectivity index (χ1n) is 7.70. The first kappa shape index (κ1) is 16.5. The number of benzene rings is 1. The molecule has 4 nitrogen and oxygen atoms in total. The van der Waals surface area contributed by atoms with Gasteiger partial charge in [-0.15, -0.1) is 0 Å². The minimum Gasteiger partial charge on any atom is -0.481 e. The van der Waals surface area contributed by atoms with Gasteiger partial charge in [-0.2, -0.15) is 0 Å². The Bertz CT molecular complexity index is 553. The Balaban J connectivity index is 2.19. The maximum atomic E-state index is 14.2. The fraction of sp³-hybridized carbons (Fsp3) is 0.529. The molecule has 0 heterocycles. The molecule has 0 saturated heterocycles. The highest BCUT2D eigenvalue weighted by Gasteiger charge is 2.45. The van der Waals surface area contributed by atoms with Gasteiger partial charge in [0.1, 0.15) is 5.82 Å². The van der Waals surface area contributed by atoms with Crippen molar-refractivity contribution >= 4 is 11.9 Å². The average molecular weight is 307 g/mol. The van der Waals surface area contributed by atoms with Gasteiger partial charge in [-0.3, -0.25) is 9.59 Å². The fourth-order valence-corrected chi connectivity index (χ4v) is 3.36. The van der Waals surface area contributed by atoms with E-state index in [4.69, 9.17) is 5.11 Å². The molecule has 0 unspecified atom stereocenters. The van der Waals surface area contributed by atoms with Crippen LogP contribution in [0, 0.1) is 5.82 Å². The summed E-state index contributed by atoms with van der Waals surface area (Å²) in [6.45, 7) is 0.376. The zero-order valence-corrected chi connectivity index (χ0v) is 12.8. The van der Waals surface area contributed by atoms with Gasteiger partial charge in [-0.25, -0.2) is 4.39 Å². The lowest BCUT2D eigenvalue weighted by molar-refractivity contribution is -0.139. The van der Waals surface area contributed by atoms with Crippen molar-refractivity contribution in [3.05, 3.63) is 35.6 Å². The maximum Gasteiger partial charge on any atom is 0.303 e. The summed E-state index contributed by atoms with van der Waals surface area (Å²) in [6.07, 6.45) is 3.55. The van der Waals surface area contributed by atoms with Crippen LogP contribution in [-0.4, -0.2) is 35.5 Å². The normalized spacial score (nSPS) is 16.5. The van der Waals surface area contributed by atoms with Crippen LogP contribution in [0.25, 0.3) is 0 Å². The van der Waals surface area contributed by atoms with Gasteiger partial charge in [0.25, 0.3) is 0 Å². The fourth-order valence-electron chi connectivity index (χ4n) is 3.36. The number of hydrogen-bond acceptors (Lipinski definition) is 2. The predicted octanol–water partition coefficient (Wildman–Crippen LogP) is 2.96. The van der Waals surface area contributed by atoms with Crippen molar-refractivity contribution < 1.29 is 19.1 Å². The van der Waals surface area contributed by atoms with Crippen molar-refractivity contribution in [3.63, 3.8) is 0 Å². The number of carboxylic acids is 1. The monoisotopic (exact) mass is 307 g/mol. The summed E-state index contributed by atoms with van der Waals surface area (Å²) in [7, 11) is 1.67. The summed E-state index contributed by atoms with van der Waals surface area (Å²) < 4.78 is 14.2.